The van der Waals surface area contributed by atoms with Crippen LogP contribution in [0, 0.1) is 22.7 Å². The first-order valence-corrected chi connectivity index (χ1v) is 12.0. The van der Waals surface area contributed by atoms with Crippen LogP contribution in [0.25, 0.3) is 0 Å². The molecule has 2 fully saturated rings. The summed E-state index contributed by atoms with van der Waals surface area (Å²) in [4.78, 5) is 42.1. The van der Waals surface area contributed by atoms with Gasteiger partial charge in [-0.25, -0.2) is 0 Å². The first-order chi connectivity index (χ1) is 15.5. The van der Waals surface area contributed by atoms with E-state index < -0.39 is 11.6 Å². The van der Waals surface area contributed by atoms with Gasteiger partial charge in [-0.15, -0.1) is 6.58 Å². The number of hydrogen-bond acceptors (Lipinski definition) is 4. The van der Waals surface area contributed by atoms with E-state index in [1.165, 1.54) is 10.5 Å². The zero-order valence-corrected chi connectivity index (χ0v) is 20.0. The molecule has 33 heavy (non-hydrogen) atoms. The van der Waals surface area contributed by atoms with Crippen LogP contribution >= 0.6 is 0 Å². The van der Waals surface area contributed by atoms with Gasteiger partial charge >= 0.3 is 0 Å². The molecule has 5 heteroatoms. The van der Waals surface area contributed by atoms with Gasteiger partial charge in [-0.1, -0.05) is 57.0 Å². The molecule has 4 bridgehead atoms. The van der Waals surface area contributed by atoms with Crippen LogP contribution in [0.2, 0.25) is 0 Å². The Bertz CT molecular complexity index is 1070. The Hall–Kier alpha value is -2.53. The number of amides is 2. The molecule has 1 saturated heterocycles. The van der Waals surface area contributed by atoms with Crippen molar-refractivity contribution in [3.05, 3.63) is 59.7 Å². The summed E-state index contributed by atoms with van der Waals surface area (Å²) in [5.41, 5.74) is 0.760. The fourth-order valence-electron chi connectivity index (χ4n) is 7.17. The van der Waals surface area contributed by atoms with Crippen LogP contribution < -0.4 is 0 Å². The van der Waals surface area contributed by atoms with Crippen LogP contribution in [0.4, 0.5) is 0 Å². The second kappa shape index (κ2) is 7.23. The number of fused-ring (bicyclic) bond motifs is 1. The number of Topliss-reactive ketones (excluding diaryl/α,β-unsaturated/α-hetero) is 1. The predicted molar refractivity (Wildman–Crippen MR) is 126 cm³/mol. The number of carbonyl (C=O) groups is 3. The van der Waals surface area contributed by atoms with Gasteiger partial charge < -0.3 is 4.74 Å². The summed E-state index contributed by atoms with van der Waals surface area (Å²) >= 11 is 0. The lowest BCUT2D eigenvalue weighted by molar-refractivity contribution is -0.133. The normalized spacial score (nSPS) is 40.5. The molecule has 2 aliphatic carbocycles. The van der Waals surface area contributed by atoms with Crippen LogP contribution in [-0.2, 0) is 9.53 Å². The lowest BCUT2D eigenvalue weighted by Gasteiger charge is -2.56. The molecule has 4 aliphatic rings. The zero-order chi connectivity index (χ0) is 23.8. The number of ether oxygens (including phenoxy) is 1. The Morgan fingerprint density at radius 1 is 1.06 bits per heavy atom. The Kier molecular flexibility index (Phi) is 4.88. The van der Waals surface area contributed by atoms with E-state index in [0.717, 1.165) is 19.3 Å². The second-order valence-corrected chi connectivity index (χ2v) is 11.2. The van der Waals surface area contributed by atoms with Gasteiger partial charge in [0.2, 0.25) is 0 Å². The first-order valence-electron chi connectivity index (χ1n) is 12.0. The lowest BCUT2D eigenvalue weighted by Crippen LogP contribution is -2.56. The van der Waals surface area contributed by atoms with Crippen molar-refractivity contribution < 1.29 is 19.1 Å². The van der Waals surface area contributed by atoms with Crippen LogP contribution in [0.3, 0.4) is 0 Å². The Morgan fingerprint density at radius 3 is 2.30 bits per heavy atom. The molecule has 0 N–H and O–H groups in total. The van der Waals surface area contributed by atoms with Gasteiger partial charge in [-0.3, -0.25) is 19.3 Å². The molecule has 1 aromatic rings. The highest BCUT2D eigenvalue weighted by Crippen LogP contribution is 2.61. The minimum absolute atomic E-state index is 0.130. The summed E-state index contributed by atoms with van der Waals surface area (Å²) in [5.74, 6) is -0.890. The van der Waals surface area contributed by atoms with Gasteiger partial charge in [0.05, 0.1) is 29.4 Å². The summed E-state index contributed by atoms with van der Waals surface area (Å²) in [6.07, 6.45) is 7.04. The zero-order valence-electron chi connectivity index (χ0n) is 20.0. The van der Waals surface area contributed by atoms with Crippen LogP contribution in [0.15, 0.2) is 48.6 Å². The van der Waals surface area contributed by atoms with Gasteiger partial charge in [-0.2, -0.15) is 0 Å². The highest BCUT2D eigenvalue weighted by atomic mass is 16.5. The minimum Gasteiger partial charge on any atom is -0.370 e. The number of benzene rings is 1. The van der Waals surface area contributed by atoms with E-state index in [-0.39, 0.29) is 46.7 Å². The summed E-state index contributed by atoms with van der Waals surface area (Å²) in [6.45, 7) is 12.8. The molecule has 5 nitrogen and oxygen atoms in total. The third-order valence-corrected chi connectivity index (χ3v) is 8.93. The largest absolute Gasteiger partial charge is 0.370 e. The number of nitrogens with zero attached hydrogens (tertiary/aromatic N) is 1. The van der Waals surface area contributed by atoms with Crippen LogP contribution in [0.1, 0.15) is 74.1 Å². The maximum atomic E-state index is 13.9. The molecule has 0 aromatic heterocycles. The summed E-state index contributed by atoms with van der Waals surface area (Å²) in [7, 11) is 0. The Balaban J connectivity index is 1.68. The molecule has 6 atom stereocenters. The molecule has 1 aromatic carbocycles. The van der Waals surface area contributed by atoms with Crippen molar-refractivity contribution >= 4 is 17.6 Å². The van der Waals surface area contributed by atoms with Gasteiger partial charge in [0, 0.05) is 17.8 Å². The molecule has 1 saturated carbocycles. The standard InChI is InChI=1S/C28H33NO4/c1-6-27(4)15-21(30)23-17(2)20(29-24(31)18-10-7-8-11-19(18)25(29)32)14-22-26(3,16-33-27)12-9-13-28(22,23)5/h6-8,10-11,14,17,20,23H,1,9,12-13,15-16H2,2-5H3/t17-,20+,23+,26?,27-,28-/m0/s1. The van der Waals surface area contributed by atoms with Crippen molar-refractivity contribution in [2.24, 2.45) is 22.7 Å². The fraction of sp³-hybridized carbons (Fsp3) is 0.536. The third-order valence-electron chi connectivity index (χ3n) is 8.93. The molecular formula is C28H33NO4. The molecule has 174 valence electrons. The molecule has 2 heterocycles. The molecular weight excluding hydrogens is 414 g/mol. The molecule has 0 spiro atoms. The van der Waals surface area contributed by atoms with E-state index in [1.54, 1.807) is 30.3 Å². The van der Waals surface area contributed by atoms with Gasteiger partial charge in [0.25, 0.3) is 11.8 Å². The fourth-order valence-corrected chi connectivity index (χ4v) is 7.17. The molecule has 2 amide bonds. The second-order valence-electron chi connectivity index (χ2n) is 11.2. The number of imide groups is 1. The monoisotopic (exact) mass is 447 g/mol. The first kappa shape index (κ1) is 22.3. The topological polar surface area (TPSA) is 63.7 Å². The Labute approximate surface area is 195 Å². The molecule has 5 rings (SSSR count). The average molecular weight is 448 g/mol. The van der Waals surface area contributed by atoms with E-state index in [4.69, 9.17) is 4.74 Å². The summed E-state index contributed by atoms with van der Waals surface area (Å²) < 4.78 is 6.37. The van der Waals surface area contributed by atoms with Crippen molar-refractivity contribution in [1.82, 2.24) is 4.90 Å². The number of rotatable bonds is 2. The molecule has 1 unspecified atom stereocenters. The average Bonchev–Trinajstić information content (AvgIpc) is 3.02. The van der Waals surface area contributed by atoms with E-state index in [0.29, 0.717) is 17.7 Å². The molecule has 0 radical (unpaired) electrons. The van der Waals surface area contributed by atoms with Crippen molar-refractivity contribution in [2.45, 2.75) is 65.0 Å². The lowest BCUT2D eigenvalue weighted by atomic mass is 9.49. The van der Waals surface area contributed by atoms with E-state index >= 15 is 0 Å². The summed E-state index contributed by atoms with van der Waals surface area (Å²) in [5, 5.41) is 0. The SMILES string of the molecule is C=C[C@@]1(C)CC(=O)[C@H]2[C@@H](C)[C@H](N3C(=O)c4ccccc4C3=O)C=C3C(C)(CCC[C@@]32C)CO1. The summed E-state index contributed by atoms with van der Waals surface area (Å²) in [6, 6.07) is 6.54. The van der Waals surface area contributed by atoms with Crippen molar-refractivity contribution in [2.75, 3.05) is 6.61 Å². The van der Waals surface area contributed by atoms with Crippen LogP contribution in [0.5, 0.6) is 0 Å². The Morgan fingerprint density at radius 2 is 1.70 bits per heavy atom. The van der Waals surface area contributed by atoms with E-state index in [2.05, 4.69) is 26.5 Å². The van der Waals surface area contributed by atoms with E-state index in [9.17, 15) is 14.4 Å². The highest BCUT2D eigenvalue weighted by Gasteiger charge is 2.59. The van der Waals surface area contributed by atoms with Gasteiger partial charge in [0.1, 0.15) is 5.78 Å². The molecule has 2 aliphatic heterocycles. The van der Waals surface area contributed by atoms with Crippen LogP contribution in [-0.4, -0.2) is 40.7 Å². The van der Waals surface area contributed by atoms with Crippen molar-refractivity contribution in [1.29, 1.82) is 0 Å². The maximum Gasteiger partial charge on any atom is 0.262 e. The smallest absolute Gasteiger partial charge is 0.262 e. The van der Waals surface area contributed by atoms with Gasteiger partial charge in [-0.05, 0) is 43.2 Å². The highest BCUT2D eigenvalue weighted by molar-refractivity contribution is 6.21. The predicted octanol–water partition coefficient (Wildman–Crippen LogP) is 4.97. The van der Waals surface area contributed by atoms with Gasteiger partial charge in [0.15, 0.2) is 0 Å². The van der Waals surface area contributed by atoms with Crippen molar-refractivity contribution in [3.63, 3.8) is 0 Å². The van der Waals surface area contributed by atoms with Crippen molar-refractivity contribution in [3.8, 4) is 0 Å². The number of hydrogen-bond donors (Lipinski definition) is 0. The number of ketones is 1. The number of carbonyl (C=O) groups excluding carboxylic acids is 3. The third kappa shape index (κ3) is 3.04. The van der Waals surface area contributed by atoms with E-state index in [1.807, 2.05) is 13.8 Å². The quantitative estimate of drug-likeness (QED) is 0.474. The maximum absolute atomic E-state index is 13.9. The minimum atomic E-state index is -0.730.